The second-order valence-electron chi connectivity index (χ2n) is 7.33. The highest BCUT2D eigenvalue weighted by Crippen LogP contribution is 2.28. The molecule has 27 heavy (non-hydrogen) atoms. The van der Waals surface area contributed by atoms with E-state index in [0.29, 0.717) is 17.4 Å². The molecule has 1 aromatic carbocycles. The highest BCUT2D eigenvalue weighted by Gasteiger charge is 2.20. The van der Waals surface area contributed by atoms with Crippen LogP contribution in [0, 0.1) is 5.92 Å². The smallest absolute Gasteiger partial charge is 0.163 e. The maximum atomic E-state index is 12.6. The number of rotatable bonds is 4. The summed E-state index contributed by atoms with van der Waals surface area (Å²) in [7, 11) is 2.14. The van der Waals surface area contributed by atoms with Gasteiger partial charge in [0.05, 0.1) is 16.2 Å². The van der Waals surface area contributed by atoms with Gasteiger partial charge in [0.1, 0.15) is 0 Å². The highest BCUT2D eigenvalue weighted by molar-refractivity contribution is 6.35. The summed E-state index contributed by atoms with van der Waals surface area (Å²) in [6, 6.07) is 11.4. The first-order valence-corrected chi connectivity index (χ1v) is 9.70. The Kier molecular flexibility index (Phi) is 5.19. The van der Waals surface area contributed by atoms with Crippen molar-refractivity contribution in [2.24, 2.45) is 5.92 Å². The third-order valence-electron chi connectivity index (χ3n) is 5.37. The van der Waals surface area contributed by atoms with Crippen molar-refractivity contribution in [1.29, 1.82) is 0 Å². The van der Waals surface area contributed by atoms with E-state index in [9.17, 15) is 4.79 Å². The van der Waals surface area contributed by atoms with Crippen LogP contribution in [0.2, 0.25) is 5.02 Å². The Hall–Kier alpha value is -2.30. The van der Waals surface area contributed by atoms with Gasteiger partial charge in [0.25, 0.3) is 0 Å². The zero-order valence-electron chi connectivity index (χ0n) is 15.4. The molecule has 1 aliphatic heterocycles. The van der Waals surface area contributed by atoms with Gasteiger partial charge in [-0.3, -0.25) is 9.78 Å². The van der Waals surface area contributed by atoms with Crippen LogP contribution in [0.1, 0.15) is 29.6 Å². The predicted octanol–water partition coefficient (Wildman–Crippen LogP) is 4.86. The molecular weight excluding hydrogens is 358 g/mol. The summed E-state index contributed by atoms with van der Waals surface area (Å²) in [6.45, 7) is 2.17. The maximum Gasteiger partial charge on any atom is 0.163 e. The number of ketones is 1. The zero-order chi connectivity index (χ0) is 18.8. The molecule has 2 aromatic heterocycles. The van der Waals surface area contributed by atoms with Crippen LogP contribution in [-0.4, -0.2) is 40.8 Å². The van der Waals surface area contributed by atoms with Gasteiger partial charge in [-0.1, -0.05) is 35.9 Å². The minimum absolute atomic E-state index is 0.228. The monoisotopic (exact) mass is 379 g/mol. The van der Waals surface area contributed by atoms with E-state index < -0.39 is 0 Å². The molecule has 3 heterocycles. The van der Waals surface area contributed by atoms with E-state index in [2.05, 4.69) is 21.9 Å². The molecule has 138 valence electrons. The van der Waals surface area contributed by atoms with Crippen molar-refractivity contribution in [3.8, 4) is 11.3 Å². The number of carbonyl (C=O) groups excluding carboxylic acids is 1. The van der Waals surface area contributed by atoms with Gasteiger partial charge < -0.3 is 4.90 Å². The normalized spacial score (nSPS) is 15.9. The van der Waals surface area contributed by atoms with Gasteiger partial charge >= 0.3 is 0 Å². The zero-order valence-corrected chi connectivity index (χ0v) is 16.1. The molecule has 0 N–H and O–H groups in total. The fourth-order valence-electron chi connectivity index (χ4n) is 3.65. The fourth-order valence-corrected chi connectivity index (χ4v) is 3.90. The lowest BCUT2D eigenvalue weighted by molar-refractivity contribution is 0.0936. The van der Waals surface area contributed by atoms with Gasteiger partial charge in [-0.15, -0.1) is 0 Å². The average molecular weight is 380 g/mol. The Balaban J connectivity index is 1.51. The maximum absolute atomic E-state index is 12.6. The lowest BCUT2D eigenvalue weighted by atomic mass is 9.90. The van der Waals surface area contributed by atoms with E-state index >= 15 is 0 Å². The molecule has 0 radical (unpaired) electrons. The van der Waals surface area contributed by atoms with Gasteiger partial charge in [-0.05, 0) is 51.0 Å². The number of hydrogen-bond acceptors (Lipinski definition) is 4. The van der Waals surface area contributed by atoms with E-state index in [-0.39, 0.29) is 5.78 Å². The van der Waals surface area contributed by atoms with Gasteiger partial charge in [-0.2, -0.15) is 0 Å². The van der Waals surface area contributed by atoms with Crippen molar-refractivity contribution in [2.45, 2.75) is 19.3 Å². The first kappa shape index (κ1) is 18.1. The van der Waals surface area contributed by atoms with Gasteiger partial charge in [0.15, 0.2) is 5.78 Å². The molecule has 4 rings (SSSR count). The number of Topliss-reactive ketones (excluding diaryl/α,β-unsaturated/α-hetero) is 1. The summed E-state index contributed by atoms with van der Waals surface area (Å²) < 4.78 is 0. The largest absolute Gasteiger partial charge is 0.306 e. The molecule has 0 amide bonds. The van der Waals surface area contributed by atoms with Gasteiger partial charge in [0, 0.05) is 35.3 Å². The lowest BCUT2D eigenvalue weighted by Gasteiger charge is -2.28. The number of carbonyl (C=O) groups is 1. The van der Waals surface area contributed by atoms with E-state index in [1.807, 2.05) is 36.4 Å². The van der Waals surface area contributed by atoms with Crippen molar-refractivity contribution in [3.63, 3.8) is 0 Å². The van der Waals surface area contributed by atoms with Crippen LogP contribution < -0.4 is 0 Å². The molecular formula is C22H22ClN3O. The first-order chi connectivity index (χ1) is 13.1. The summed E-state index contributed by atoms with van der Waals surface area (Å²) in [4.78, 5) is 23.7. The van der Waals surface area contributed by atoms with Crippen LogP contribution >= 0.6 is 11.6 Å². The minimum atomic E-state index is 0.228. The number of benzene rings is 1. The van der Waals surface area contributed by atoms with Crippen LogP contribution in [0.3, 0.4) is 0 Å². The topological polar surface area (TPSA) is 46.1 Å². The predicted molar refractivity (Wildman–Crippen MR) is 109 cm³/mol. The molecule has 4 nitrogen and oxygen atoms in total. The molecule has 1 saturated heterocycles. The average Bonchev–Trinajstić information content (AvgIpc) is 2.70. The van der Waals surface area contributed by atoms with Crippen LogP contribution in [0.4, 0.5) is 0 Å². The molecule has 1 fully saturated rings. The Bertz CT molecular complexity index is 963. The molecule has 0 aliphatic carbocycles. The first-order valence-electron chi connectivity index (χ1n) is 9.32. The summed E-state index contributed by atoms with van der Waals surface area (Å²) >= 11 is 6.37. The SMILES string of the molecule is CN1CCC(CC(=O)c2ccc(-c3cc(Cl)c4cnccc4n3)cc2)CC1. The Labute approximate surface area is 164 Å². The molecule has 0 bridgehead atoms. The number of halogens is 1. The van der Waals surface area contributed by atoms with Crippen LogP contribution in [-0.2, 0) is 0 Å². The number of nitrogens with zero attached hydrogens (tertiary/aromatic N) is 3. The number of likely N-dealkylation sites (tertiary alicyclic amines) is 1. The Morgan fingerprint density at radius 1 is 1.19 bits per heavy atom. The molecule has 0 unspecified atom stereocenters. The molecule has 3 aromatic rings. The summed E-state index contributed by atoms with van der Waals surface area (Å²) in [6.07, 6.45) is 6.28. The van der Waals surface area contributed by atoms with Crippen molar-refractivity contribution < 1.29 is 4.79 Å². The lowest BCUT2D eigenvalue weighted by Crippen LogP contribution is -2.31. The number of aromatic nitrogens is 2. The van der Waals surface area contributed by atoms with Crippen LogP contribution in [0.15, 0.2) is 48.8 Å². The van der Waals surface area contributed by atoms with Gasteiger partial charge in [0.2, 0.25) is 0 Å². The van der Waals surface area contributed by atoms with E-state index in [1.165, 1.54) is 0 Å². The molecule has 5 heteroatoms. The highest BCUT2D eigenvalue weighted by atomic mass is 35.5. The second kappa shape index (κ2) is 7.75. The Morgan fingerprint density at radius 3 is 2.67 bits per heavy atom. The van der Waals surface area contributed by atoms with Crippen molar-refractivity contribution in [1.82, 2.24) is 14.9 Å². The van der Waals surface area contributed by atoms with Crippen molar-refractivity contribution >= 4 is 28.3 Å². The quantitative estimate of drug-likeness (QED) is 0.607. The van der Waals surface area contributed by atoms with Crippen LogP contribution in [0.25, 0.3) is 22.2 Å². The minimum Gasteiger partial charge on any atom is -0.306 e. The molecule has 0 spiro atoms. The van der Waals surface area contributed by atoms with Crippen LogP contribution in [0.5, 0.6) is 0 Å². The molecule has 1 aliphatic rings. The summed E-state index contributed by atoms with van der Waals surface area (Å²) in [5.74, 6) is 0.731. The molecule has 0 atom stereocenters. The number of hydrogen-bond donors (Lipinski definition) is 0. The van der Waals surface area contributed by atoms with Crippen molar-refractivity contribution in [3.05, 3.63) is 59.4 Å². The van der Waals surface area contributed by atoms with E-state index in [1.54, 1.807) is 12.4 Å². The second-order valence-corrected chi connectivity index (χ2v) is 7.74. The summed E-state index contributed by atoms with van der Waals surface area (Å²) in [5, 5.41) is 1.47. The Morgan fingerprint density at radius 2 is 1.93 bits per heavy atom. The van der Waals surface area contributed by atoms with Crippen molar-refractivity contribution in [2.75, 3.05) is 20.1 Å². The number of fused-ring (bicyclic) bond motifs is 1. The third-order valence-corrected chi connectivity index (χ3v) is 5.69. The third kappa shape index (κ3) is 4.02. The number of pyridine rings is 2. The molecule has 0 saturated carbocycles. The van der Waals surface area contributed by atoms with E-state index in [0.717, 1.165) is 53.7 Å². The van der Waals surface area contributed by atoms with Gasteiger partial charge in [-0.25, -0.2) is 4.98 Å². The standard InChI is InChI=1S/C22H22ClN3O/c1-26-10-7-15(8-11-26)12-22(27)17-4-2-16(3-5-17)21-13-19(23)18-14-24-9-6-20(18)25-21/h2-6,9,13-15H,7-8,10-12H2,1H3. The fraction of sp³-hybridized carbons (Fsp3) is 0.318. The number of piperidine rings is 1. The summed E-state index contributed by atoms with van der Waals surface area (Å²) in [5.41, 5.74) is 3.34. The van der Waals surface area contributed by atoms with E-state index in [4.69, 9.17) is 11.6 Å².